The normalized spacial score (nSPS) is 10.1. The molecule has 0 saturated heterocycles. The minimum atomic E-state index is -0.580. The molecule has 2 rings (SSSR count). The number of carbonyl (C=O) groups is 1. The molecule has 0 bridgehead atoms. The Kier molecular flexibility index (Phi) is 5.36. The first-order valence-corrected chi connectivity index (χ1v) is 7.22. The van der Waals surface area contributed by atoms with Crippen LogP contribution in [0.2, 0.25) is 0 Å². The summed E-state index contributed by atoms with van der Waals surface area (Å²) in [5.41, 5.74) is 1.90. The van der Waals surface area contributed by atoms with Crippen molar-refractivity contribution in [3.8, 4) is 11.5 Å². The summed E-state index contributed by atoms with van der Waals surface area (Å²) in [5, 5.41) is 13.6. The average Bonchev–Trinajstić information content (AvgIpc) is 2.52. The van der Waals surface area contributed by atoms with Gasteiger partial charge in [0.05, 0.1) is 18.1 Å². The van der Waals surface area contributed by atoms with E-state index in [0.717, 1.165) is 11.1 Å². The van der Waals surface area contributed by atoms with Crippen molar-refractivity contribution in [3.63, 3.8) is 0 Å². The Balaban J connectivity index is 2.05. The predicted octanol–water partition coefficient (Wildman–Crippen LogP) is 3.24. The summed E-state index contributed by atoms with van der Waals surface area (Å²) in [6.45, 7) is 3.62. The Bertz CT molecular complexity index is 753. The third-order valence-corrected chi connectivity index (χ3v) is 3.24. The number of hydrogen-bond donors (Lipinski definition) is 1. The van der Waals surface area contributed by atoms with Gasteiger partial charge in [-0.25, -0.2) is 0 Å². The lowest BCUT2D eigenvalue weighted by Gasteiger charge is -2.10. The van der Waals surface area contributed by atoms with Gasteiger partial charge in [-0.3, -0.25) is 14.9 Å². The SMILES string of the molecule is COc1ccc(NC(=O)COc2cc(C)cc(C)c2)c([N+](=O)[O-])c1. The summed E-state index contributed by atoms with van der Waals surface area (Å²) in [6, 6.07) is 9.83. The van der Waals surface area contributed by atoms with Crippen LogP contribution in [-0.4, -0.2) is 24.5 Å². The van der Waals surface area contributed by atoms with E-state index in [1.54, 1.807) is 0 Å². The number of hydrogen-bond acceptors (Lipinski definition) is 5. The molecule has 126 valence electrons. The highest BCUT2D eigenvalue weighted by Gasteiger charge is 2.17. The molecule has 0 aliphatic carbocycles. The summed E-state index contributed by atoms with van der Waals surface area (Å²) in [6.07, 6.45) is 0. The maximum absolute atomic E-state index is 12.0. The van der Waals surface area contributed by atoms with Crippen LogP contribution >= 0.6 is 0 Å². The number of ether oxygens (including phenoxy) is 2. The second kappa shape index (κ2) is 7.45. The van der Waals surface area contributed by atoms with Crippen molar-refractivity contribution < 1.29 is 19.2 Å². The van der Waals surface area contributed by atoms with E-state index in [-0.39, 0.29) is 18.0 Å². The fourth-order valence-corrected chi connectivity index (χ4v) is 2.25. The summed E-state index contributed by atoms with van der Waals surface area (Å²) in [4.78, 5) is 22.5. The largest absolute Gasteiger partial charge is 0.496 e. The average molecular weight is 330 g/mol. The fourth-order valence-electron chi connectivity index (χ4n) is 2.25. The molecule has 0 spiro atoms. The number of nitrogens with zero attached hydrogens (tertiary/aromatic N) is 1. The molecular formula is C17H18N2O5. The Labute approximate surface area is 139 Å². The van der Waals surface area contributed by atoms with Crippen molar-refractivity contribution in [3.05, 3.63) is 57.6 Å². The van der Waals surface area contributed by atoms with Crippen LogP contribution in [0.1, 0.15) is 11.1 Å². The first-order chi connectivity index (χ1) is 11.4. The van der Waals surface area contributed by atoms with Gasteiger partial charge in [-0.15, -0.1) is 0 Å². The van der Waals surface area contributed by atoms with Crippen LogP contribution in [-0.2, 0) is 4.79 Å². The van der Waals surface area contributed by atoms with Crippen LogP contribution in [0.15, 0.2) is 36.4 Å². The first-order valence-electron chi connectivity index (χ1n) is 7.22. The zero-order chi connectivity index (χ0) is 17.7. The standard InChI is InChI=1S/C17H18N2O5/c1-11-6-12(2)8-14(7-11)24-10-17(20)18-15-5-4-13(23-3)9-16(15)19(21)22/h4-9H,10H2,1-3H3,(H,18,20). The molecule has 1 amide bonds. The van der Waals surface area contributed by atoms with Crippen molar-refractivity contribution >= 4 is 17.3 Å². The fraction of sp³-hybridized carbons (Fsp3) is 0.235. The van der Waals surface area contributed by atoms with Crippen LogP contribution in [0, 0.1) is 24.0 Å². The predicted molar refractivity (Wildman–Crippen MR) is 89.7 cm³/mol. The highest BCUT2D eigenvalue weighted by Crippen LogP contribution is 2.28. The molecule has 0 heterocycles. The van der Waals surface area contributed by atoms with E-state index >= 15 is 0 Å². The van der Waals surface area contributed by atoms with Gasteiger partial charge in [0.1, 0.15) is 17.2 Å². The first kappa shape index (κ1) is 17.3. The number of rotatable bonds is 6. The van der Waals surface area contributed by atoms with E-state index < -0.39 is 10.8 Å². The maximum atomic E-state index is 12.0. The van der Waals surface area contributed by atoms with Gasteiger partial charge in [0.15, 0.2) is 6.61 Å². The highest BCUT2D eigenvalue weighted by atomic mass is 16.6. The maximum Gasteiger partial charge on any atom is 0.296 e. The van der Waals surface area contributed by atoms with Gasteiger partial charge in [-0.1, -0.05) is 6.07 Å². The van der Waals surface area contributed by atoms with Gasteiger partial charge in [0.2, 0.25) is 0 Å². The van der Waals surface area contributed by atoms with Crippen molar-refractivity contribution in [1.29, 1.82) is 0 Å². The van der Waals surface area contributed by atoms with E-state index in [1.807, 2.05) is 32.0 Å². The van der Waals surface area contributed by atoms with Crippen molar-refractivity contribution in [2.24, 2.45) is 0 Å². The summed E-state index contributed by atoms with van der Waals surface area (Å²) < 4.78 is 10.4. The van der Waals surface area contributed by atoms with Crippen LogP contribution in [0.5, 0.6) is 11.5 Å². The quantitative estimate of drug-likeness (QED) is 0.648. The number of nitrogens with one attached hydrogen (secondary N) is 1. The molecule has 1 N–H and O–H groups in total. The number of aryl methyl sites for hydroxylation is 2. The molecule has 0 aliphatic rings. The van der Waals surface area contributed by atoms with Crippen LogP contribution < -0.4 is 14.8 Å². The molecule has 24 heavy (non-hydrogen) atoms. The third kappa shape index (κ3) is 4.45. The molecule has 2 aromatic carbocycles. The zero-order valence-electron chi connectivity index (χ0n) is 13.7. The molecular weight excluding hydrogens is 312 g/mol. The summed E-state index contributed by atoms with van der Waals surface area (Å²) >= 11 is 0. The third-order valence-electron chi connectivity index (χ3n) is 3.24. The van der Waals surface area contributed by atoms with E-state index in [0.29, 0.717) is 11.5 Å². The molecule has 0 radical (unpaired) electrons. The lowest BCUT2D eigenvalue weighted by atomic mass is 10.1. The second-order valence-electron chi connectivity index (χ2n) is 5.30. The van der Waals surface area contributed by atoms with Crippen LogP contribution in [0.4, 0.5) is 11.4 Å². The van der Waals surface area contributed by atoms with Crippen LogP contribution in [0.25, 0.3) is 0 Å². The number of benzene rings is 2. The Morgan fingerprint density at radius 3 is 2.38 bits per heavy atom. The van der Waals surface area contributed by atoms with Crippen molar-refractivity contribution in [2.75, 3.05) is 19.0 Å². The minimum Gasteiger partial charge on any atom is -0.496 e. The summed E-state index contributed by atoms with van der Waals surface area (Å²) in [7, 11) is 1.41. The lowest BCUT2D eigenvalue weighted by Crippen LogP contribution is -2.20. The summed E-state index contributed by atoms with van der Waals surface area (Å²) in [5.74, 6) is 0.431. The Hall–Kier alpha value is -3.09. The molecule has 7 nitrogen and oxygen atoms in total. The molecule has 0 unspecified atom stereocenters. The highest BCUT2D eigenvalue weighted by molar-refractivity contribution is 5.94. The number of nitro groups is 1. The molecule has 0 fully saturated rings. The molecule has 7 heteroatoms. The van der Waals surface area contributed by atoms with Gasteiger partial charge in [0.25, 0.3) is 11.6 Å². The minimum absolute atomic E-state index is 0.0924. The van der Waals surface area contributed by atoms with Crippen molar-refractivity contribution in [1.82, 2.24) is 0 Å². The second-order valence-corrected chi connectivity index (χ2v) is 5.30. The molecule has 2 aromatic rings. The van der Waals surface area contributed by atoms with Gasteiger partial charge in [0, 0.05) is 0 Å². The smallest absolute Gasteiger partial charge is 0.296 e. The number of nitro benzene ring substituents is 1. The monoisotopic (exact) mass is 330 g/mol. The lowest BCUT2D eigenvalue weighted by molar-refractivity contribution is -0.384. The Morgan fingerprint density at radius 1 is 1.12 bits per heavy atom. The van der Waals surface area contributed by atoms with E-state index in [1.165, 1.54) is 25.3 Å². The number of methoxy groups -OCH3 is 1. The molecule has 0 aliphatic heterocycles. The van der Waals surface area contributed by atoms with Gasteiger partial charge >= 0.3 is 0 Å². The van der Waals surface area contributed by atoms with E-state index in [9.17, 15) is 14.9 Å². The van der Waals surface area contributed by atoms with E-state index in [4.69, 9.17) is 9.47 Å². The number of anilines is 1. The van der Waals surface area contributed by atoms with Gasteiger partial charge in [-0.05, 0) is 49.2 Å². The van der Waals surface area contributed by atoms with Crippen molar-refractivity contribution in [2.45, 2.75) is 13.8 Å². The molecule has 0 saturated carbocycles. The Morgan fingerprint density at radius 2 is 1.79 bits per heavy atom. The van der Waals surface area contributed by atoms with Gasteiger partial charge < -0.3 is 14.8 Å². The topological polar surface area (TPSA) is 90.7 Å². The molecule has 0 atom stereocenters. The number of carbonyl (C=O) groups excluding carboxylic acids is 1. The molecule has 0 aromatic heterocycles. The van der Waals surface area contributed by atoms with Crippen LogP contribution in [0.3, 0.4) is 0 Å². The van der Waals surface area contributed by atoms with E-state index in [2.05, 4.69) is 5.32 Å². The van der Waals surface area contributed by atoms with Gasteiger partial charge in [-0.2, -0.15) is 0 Å². The number of amides is 1. The zero-order valence-corrected chi connectivity index (χ0v) is 13.7.